The lowest BCUT2D eigenvalue weighted by molar-refractivity contribution is -0.121. The second kappa shape index (κ2) is 9.00. The topological polar surface area (TPSA) is 84.2 Å². The Hall–Kier alpha value is -3.12. The molecule has 0 unspecified atom stereocenters. The molecule has 1 heterocycles. The number of hydrogen-bond donors (Lipinski definition) is 2. The number of benzene rings is 2. The zero-order valence-electron chi connectivity index (χ0n) is 14.4. The van der Waals surface area contributed by atoms with Crippen LogP contribution in [0.2, 0.25) is 5.02 Å². The van der Waals surface area contributed by atoms with Crippen molar-refractivity contribution in [1.82, 2.24) is 15.8 Å². The van der Waals surface area contributed by atoms with Gasteiger partial charge in [-0.1, -0.05) is 41.9 Å². The quantitative estimate of drug-likeness (QED) is 0.634. The maximum Gasteiger partial charge on any atom is 0.269 e. The van der Waals surface area contributed by atoms with Crippen LogP contribution in [0.5, 0.6) is 0 Å². The number of aryl methyl sites for hydroxylation is 1. The van der Waals surface area contributed by atoms with Gasteiger partial charge in [-0.3, -0.25) is 20.4 Å². The summed E-state index contributed by atoms with van der Waals surface area (Å²) in [6.45, 7) is 0. The van der Waals surface area contributed by atoms with Crippen molar-refractivity contribution in [3.05, 3.63) is 77.3 Å². The van der Waals surface area contributed by atoms with Crippen LogP contribution in [-0.2, 0) is 11.2 Å². The Morgan fingerprint density at radius 3 is 2.48 bits per heavy atom. The number of rotatable bonds is 6. The molecule has 0 fully saturated rings. The van der Waals surface area contributed by atoms with Crippen LogP contribution in [0.25, 0.3) is 11.3 Å². The summed E-state index contributed by atoms with van der Waals surface area (Å²) in [6, 6.07) is 16.1. The van der Waals surface area contributed by atoms with Crippen molar-refractivity contribution in [3.8, 4) is 11.3 Å². The molecular formula is C20H18ClN3O3. The van der Waals surface area contributed by atoms with Gasteiger partial charge in [0, 0.05) is 29.0 Å². The van der Waals surface area contributed by atoms with Crippen LogP contribution in [0.15, 0.2) is 65.2 Å². The van der Waals surface area contributed by atoms with Crippen molar-refractivity contribution in [2.45, 2.75) is 19.3 Å². The number of halogens is 1. The molecule has 2 aromatic carbocycles. The number of hydrazine groups is 1. The van der Waals surface area contributed by atoms with Crippen molar-refractivity contribution in [1.29, 1.82) is 0 Å². The van der Waals surface area contributed by atoms with Crippen LogP contribution >= 0.6 is 11.6 Å². The molecular weight excluding hydrogens is 366 g/mol. The average molecular weight is 384 g/mol. The summed E-state index contributed by atoms with van der Waals surface area (Å²) in [5.41, 5.74) is 6.13. The first-order valence-corrected chi connectivity index (χ1v) is 8.84. The summed E-state index contributed by atoms with van der Waals surface area (Å²) >= 11 is 5.77. The molecule has 0 spiro atoms. The summed E-state index contributed by atoms with van der Waals surface area (Å²) in [6.07, 6.45) is 3.00. The Morgan fingerprint density at radius 2 is 1.74 bits per heavy atom. The van der Waals surface area contributed by atoms with Gasteiger partial charge in [-0.2, -0.15) is 0 Å². The minimum absolute atomic E-state index is 0.240. The molecule has 3 aromatic rings. The standard InChI is InChI=1S/C20H18ClN3O3/c21-16-11-9-15(10-12-16)20(26)24-23-18(25)7-4-8-19-22-13-17(27-19)14-5-2-1-3-6-14/h1-3,5-6,9-13H,4,7-8H2,(H,23,25)(H,24,26). The van der Waals surface area contributed by atoms with E-state index in [1.54, 1.807) is 30.5 Å². The highest BCUT2D eigenvalue weighted by atomic mass is 35.5. The summed E-state index contributed by atoms with van der Waals surface area (Å²) in [4.78, 5) is 28.0. The van der Waals surface area contributed by atoms with Crippen LogP contribution in [0.3, 0.4) is 0 Å². The zero-order chi connectivity index (χ0) is 19.1. The fourth-order valence-electron chi connectivity index (χ4n) is 2.42. The minimum Gasteiger partial charge on any atom is -0.441 e. The van der Waals surface area contributed by atoms with E-state index in [1.165, 1.54) is 0 Å². The Morgan fingerprint density at radius 1 is 1.00 bits per heavy atom. The van der Waals surface area contributed by atoms with E-state index >= 15 is 0 Å². The predicted molar refractivity (Wildman–Crippen MR) is 102 cm³/mol. The van der Waals surface area contributed by atoms with Crippen LogP contribution in [-0.4, -0.2) is 16.8 Å². The van der Waals surface area contributed by atoms with Crippen LogP contribution in [0.4, 0.5) is 0 Å². The highest BCUT2D eigenvalue weighted by molar-refractivity contribution is 6.30. The van der Waals surface area contributed by atoms with E-state index in [2.05, 4.69) is 15.8 Å². The summed E-state index contributed by atoms with van der Waals surface area (Å²) in [5, 5.41) is 0.539. The van der Waals surface area contributed by atoms with Crippen molar-refractivity contribution in [2.24, 2.45) is 0 Å². The van der Waals surface area contributed by atoms with Gasteiger partial charge in [-0.15, -0.1) is 0 Å². The second-order valence-electron chi connectivity index (χ2n) is 5.85. The molecule has 27 heavy (non-hydrogen) atoms. The first-order valence-electron chi connectivity index (χ1n) is 8.47. The third-order valence-corrected chi connectivity index (χ3v) is 4.08. The van der Waals surface area contributed by atoms with Gasteiger partial charge in [-0.05, 0) is 30.7 Å². The van der Waals surface area contributed by atoms with Crippen LogP contribution in [0.1, 0.15) is 29.1 Å². The molecule has 138 valence electrons. The van der Waals surface area contributed by atoms with E-state index in [0.29, 0.717) is 35.1 Å². The average Bonchev–Trinajstić information content (AvgIpc) is 3.16. The molecule has 7 heteroatoms. The molecule has 1 aromatic heterocycles. The Kier molecular flexibility index (Phi) is 6.22. The normalized spacial score (nSPS) is 10.4. The van der Waals surface area contributed by atoms with E-state index in [1.807, 2.05) is 30.3 Å². The first-order chi connectivity index (χ1) is 13.1. The highest BCUT2D eigenvalue weighted by Crippen LogP contribution is 2.20. The lowest BCUT2D eigenvalue weighted by Gasteiger charge is -2.07. The molecule has 2 N–H and O–H groups in total. The Bertz CT molecular complexity index is 908. The number of nitrogens with one attached hydrogen (secondary N) is 2. The summed E-state index contributed by atoms with van der Waals surface area (Å²) in [5.74, 6) is 0.588. The largest absolute Gasteiger partial charge is 0.441 e. The molecule has 2 amide bonds. The third-order valence-electron chi connectivity index (χ3n) is 3.83. The molecule has 0 aliphatic carbocycles. The monoisotopic (exact) mass is 383 g/mol. The molecule has 0 bridgehead atoms. The Labute approximate surface area is 161 Å². The van der Waals surface area contributed by atoms with Crippen LogP contribution < -0.4 is 10.9 Å². The molecule has 0 aliphatic heterocycles. The van der Waals surface area contributed by atoms with Crippen molar-refractivity contribution in [2.75, 3.05) is 0 Å². The minimum atomic E-state index is -0.403. The molecule has 0 saturated heterocycles. The number of carbonyl (C=O) groups excluding carboxylic acids is 2. The number of carbonyl (C=O) groups is 2. The van der Waals surface area contributed by atoms with Crippen molar-refractivity contribution < 1.29 is 14.0 Å². The van der Waals surface area contributed by atoms with E-state index in [9.17, 15) is 9.59 Å². The fraction of sp³-hybridized carbons (Fsp3) is 0.150. The van der Waals surface area contributed by atoms with Gasteiger partial charge in [-0.25, -0.2) is 4.98 Å². The van der Waals surface area contributed by atoms with E-state index < -0.39 is 5.91 Å². The lowest BCUT2D eigenvalue weighted by atomic mass is 10.2. The smallest absolute Gasteiger partial charge is 0.269 e. The Balaban J connectivity index is 1.40. The summed E-state index contributed by atoms with van der Waals surface area (Å²) in [7, 11) is 0. The molecule has 0 atom stereocenters. The van der Waals surface area contributed by atoms with Gasteiger partial charge in [0.1, 0.15) is 0 Å². The number of hydrogen-bond acceptors (Lipinski definition) is 4. The number of nitrogens with zero attached hydrogens (tertiary/aromatic N) is 1. The van der Waals surface area contributed by atoms with Gasteiger partial charge in [0.25, 0.3) is 5.91 Å². The summed E-state index contributed by atoms with van der Waals surface area (Å²) < 4.78 is 5.69. The second-order valence-corrected chi connectivity index (χ2v) is 6.28. The molecule has 0 saturated carbocycles. The molecule has 0 aliphatic rings. The van der Waals surface area contributed by atoms with Gasteiger partial charge in [0.2, 0.25) is 5.91 Å². The van der Waals surface area contributed by atoms with Crippen molar-refractivity contribution >= 4 is 23.4 Å². The fourth-order valence-corrected chi connectivity index (χ4v) is 2.55. The SMILES string of the molecule is O=C(CCCc1ncc(-c2ccccc2)o1)NNC(=O)c1ccc(Cl)cc1. The van der Waals surface area contributed by atoms with Crippen LogP contribution in [0, 0.1) is 0 Å². The lowest BCUT2D eigenvalue weighted by Crippen LogP contribution is -2.41. The van der Waals surface area contributed by atoms with E-state index in [4.69, 9.17) is 16.0 Å². The van der Waals surface area contributed by atoms with E-state index in [0.717, 1.165) is 5.56 Å². The predicted octanol–water partition coefficient (Wildman–Crippen LogP) is 3.78. The van der Waals surface area contributed by atoms with E-state index in [-0.39, 0.29) is 12.3 Å². The maximum atomic E-state index is 11.9. The number of amides is 2. The first kappa shape index (κ1) is 18.7. The third kappa shape index (κ3) is 5.43. The van der Waals surface area contributed by atoms with Gasteiger partial charge < -0.3 is 4.42 Å². The zero-order valence-corrected chi connectivity index (χ0v) is 15.2. The van der Waals surface area contributed by atoms with Gasteiger partial charge in [0.15, 0.2) is 11.7 Å². The number of oxazole rings is 1. The molecule has 0 radical (unpaired) electrons. The maximum absolute atomic E-state index is 11.9. The van der Waals surface area contributed by atoms with Gasteiger partial charge in [0.05, 0.1) is 6.20 Å². The molecule has 3 rings (SSSR count). The molecule has 6 nitrogen and oxygen atoms in total. The highest BCUT2D eigenvalue weighted by Gasteiger charge is 2.09. The van der Waals surface area contributed by atoms with Crippen molar-refractivity contribution in [3.63, 3.8) is 0 Å². The van der Waals surface area contributed by atoms with Gasteiger partial charge >= 0.3 is 0 Å². The number of aromatic nitrogens is 1.